The minimum atomic E-state index is 0.288. The topological polar surface area (TPSA) is 101 Å². The largest absolute Gasteiger partial charge is 0.435 e. The molecule has 0 bridgehead atoms. The Hall–Kier alpha value is -3.88. The Morgan fingerprint density at radius 1 is 0.909 bits per heavy atom. The highest BCUT2D eigenvalue weighted by Crippen LogP contribution is 2.41. The molecule has 33 heavy (non-hydrogen) atoms. The van der Waals surface area contributed by atoms with Crippen molar-refractivity contribution in [2.24, 2.45) is 0 Å². The molecule has 0 unspecified atom stereocenters. The van der Waals surface area contributed by atoms with Crippen molar-refractivity contribution in [3.63, 3.8) is 0 Å². The molecule has 164 valence electrons. The number of aromatic amines is 1. The molecule has 2 aromatic carbocycles. The Kier molecular flexibility index (Phi) is 5.68. The summed E-state index contributed by atoms with van der Waals surface area (Å²) in [5.41, 5.74) is 3.75. The lowest BCUT2D eigenvalue weighted by atomic mass is 10.2. The molecule has 8 nitrogen and oxygen atoms in total. The van der Waals surface area contributed by atoms with Crippen LogP contribution in [0.2, 0.25) is 10.0 Å². The summed E-state index contributed by atoms with van der Waals surface area (Å²) in [5.74, 6) is 1.67. The zero-order valence-electron chi connectivity index (χ0n) is 17.3. The van der Waals surface area contributed by atoms with Crippen LogP contribution in [-0.2, 0) is 0 Å². The number of pyridine rings is 1. The first-order valence-corrected chi connectivity index (χ1v) is 10.7. The molecule has 0 aliphatic carbocycles. The van der Waals surface area contributed by atoms with Gasteiger partial charge in [0.2, 0.25) is 17.8 Å². The van der Waals surface area contributed by atoms with Crippen LogP contribution in [0, 0.1) is 0 Å². The predicted molar refractivity (Wildman–Crippen MR) is 131 cm³/mol. The standard InChI is InChI=1S/C23H17Cl2N7O/c1-26-22-28-10-8-17(30-22)14-5-4-9-27-21(14)33-20-15(24)11-13(12-16(20)25)29-23-31-18-6-2-3-7-19(18)32-23/h2-12H,1H3,(H,26,28,30)(H2,29,31,32). The van der Waals surface area contributed by atoms with Crippen LogP contribution in [-0.4, -0.2) is 32.0 Å². The average molecular weight is 478 g/mol. The first-order valence-electron chi connectivity index (χ1n) is 9.95. The molecule has 3 aromatic heterocycles. The van der Waals surface area contributed by atoms with E-state index in [0.717, 1.165) is 11.0 Å². The lowest BCUT2D eigenvalue weighted by molar-refractivity contribution is 0.465. The molecule has 0 fully saturated rings. The van der Waals surface area contributed by atoms with Crippen molar-refractivity contribution < 1.29 is 4.74 Å². The second kappa shape index (κ2) is 8.93. The molecule has 0 spiro atoms. The predicted octanol–water partition coefficient (Wildman–Crippen LogP) is 6.30. The van der Waals surface area contributed by atoms with Crippen LogP contribution in [0.5, 0.6) is 11.6 Å². The van der Waals surface area contributed by atoms with E-state index in [-0.39, 0.29) is 5.75 Å². The van der Waals surface area contributed by atoms with E-state index in [1.807, 2.05) is 30.3 Å². The Morgan fingerprint density at radius 3 is 2.52 bits per heavy atom. The number of hydrogen-bond donors (Lipinski definition) is 3. The summed E-state index contributed by atoms with van der Waals surface area (Å²) < 4.78 is 6.05. The van der Waals surface area contributed by atoms with Crippen molar-refractivity contribution in [2.75, 3.05) is 17.7 Å². The van der Waals surface area contributed by atoms with E-state index in [0.29, 0.717) is 44.8 Å². The summed E-state index contributed by atoms with van der Waals surface area (Å²) in [5, 5.41) is 6.74. The second-order valence-corrected chi connectivity index (χ2v) is 7.78. The van der Waals surface area contributed by atoms with Gasteiger partial charge in [0, 0.05) is 25.1 Å². The SMILES string of the molecule is CNc1nccc(-c2cccnc2Oc2c(Cl)cc(Nc3nc4ccccc4[nH]3)cc2Cl)n1. The maximum atomic E-state index is 6.53. The lowest BCUT2D eigenvalue weighted by Gasteiger charge is -2.14. The number of nitrogens with one attached hydrogen (secondary N) is 3. The molecule has 0 saturated carbocycles. The third-order valence-corrected chi connectivity index (χ3v) is 5.34. The molecule has 0 amide bonds. The number of rotatable bonds is 6. The zero-order valence-corrected chi connectivity index (χ0v) is 18.8. The average Bonchev–Trinajstić information content (AvgIpc) is 3.24. The Labute approximate surface area is 199 Å². The molecule has 3 N–H and O–H groups in total. The van der Waals surface area contributed by atoms with Crippen LogP contribution in [0.1, 0.15) is 0 Å². The molecular formula is C23H17Cl2N7O. The van der Waals surface area contributed by atoms with Gasteiger partial charge in [-0.1, -0.05) is 35.3 Å². The third kappa shape index (κ3) is 4.39. The first-order chi connectivity index (χ1) is 16.1. The number of hydrogen-bond acceptors (Lipinski definition) is 7. The Balaban J connectivity index is 1.44. The van der Waals surface area contributed by atoms with Gasteiger partial charge < -0.3 is 20.4 Å². The van der Waals surface area contributed by atoms with Crippen LogP contribution in [0.15, 0.2) is 67.0 Å². The highest BCUT2D eigenvalue weighted by atomic mass is 35.5. The van der Waals surface area contributed by atoms with E-state index in [4.69, 9.17) is 27.9 Å². The minimum Gasteiger partial charge on any atom is -0.435 e. The number of ether oxygens (including phenoxy) is 1. The quantitative estimate of drug-likeness (QED) is 0.263. The highest BCUT2D eigenvalue weighted by molar-refractivity contribution is 6.37. The summed E-state index contributed by atoms with van der Waals surface area (Å²) in [4.78, 5) is 20.7. The normalized spacial score (nSPS) is 10.9. The molecule has 5 aromatic rings. The maximum Gasteiger partial charge on any atom is 0.228 e. The number of nitrogens with zero attached hydrogens (tertiary/aromatic N) is 4. The van der Waals surface area contributed by atoms with Gasteiger partial charge in [0.1, 0.15) is 0 Å². The van der Waals surface area contributed by atoms with Crippen LogP contribution >= 0.6 is 23.2 Å². The number of H-pyrrole nitrogens is 1. The molecule has 0 atom stereocenters. The van der Waals surface area contributed by atoms with Gasteiger partial charge in [-0.3, -0.25) is 0 Å². The molecule has 0 saturated heterocycles. The van der Waals surface area contributed by atoms with Crippen LogP contribution in [0.25, 0.3) is 22.3 Å². The van der Waals surface area contributed by atoms with Crippen molar-refractivity contribution in [3.05, 3.63) is 77.0 Å². The van der Waals surface area contributed by atoms with Crippen molar-refractivity contribution in [1.29, 1.82) is 0 Å². The number of benzene rings is 2. The van der Waals surface area contributed by atoms with E-state index < -0.39 is 0 Å². The summed E-state index contributed by atoms with van der Waals surface area (Å²) in [7, 11) is 1.75. The molecule has 3 heterocycles. The number of anilines is 3. The Bertz CT molecular complexity index is 1400. The van der Waals surface area contributed by atoms with Crippen LogP contribution in [0.3, 0.4) is 0 Å². The first kappa shape index (κ1) is 21.0. The fourth-order valence-corrected chi connectivity index (χ4v) is 3.84. The number of fused-ring (bicyclic) bond motifs is 1. The number of imidazole rings is 1. The van der Waals surface area contributed by atoms with Gasteiger partial charge in [0.15, 0.2) is 5.75 Å². The smallest absolute Gasteiger partial charge is 0.228 e. The van der Waals surface area contributed by atoms with E-state index in [1.54, 1.807) is 43.7 Å². The Morgan fingerprint density at radius 2 is 1.73 bits per heavy atom. The molecule has 5 rings (SSSR count). The number of aromatic nitrogens is 5. The monoisotopic (exact) mass is 477 g/mol. The summed E-state index contributed by atoms with van der Waals surface area (Å²) >= 11 is 13.1. The van der Waals surface area contributed by atoms with Gasteiger partial charge in [-0.2, -0.15) is 0 Å². The van der Waals surface area contributed by atoms with E-state index in [1.165, 1.54) is 0 Å². The molecule has 0 aliphatic rings. The fraction of sp³-hybridized carbons (Fsp3) is 0.0435. The van der Waals surface area contributed by atoms with Crippen molar-refractivity contribution in [3.8, 4) is 22.9 Å². The summed E-state index contributed by atoms with van der Waals surface area (Å²) in [6.07, 6.45) is 3.28. The van der Waals surface area contributed by atoms with Gasteiger partial charge in [0.25, 0.3) is 0 Å². The van der Waals surface area contributed by atoms with Crippen molar-refractivity contribution in [1.82, 2.24) is 24.9 Å². The van der Waals surface area contributed by atoms with E-state index in [9.17, 15) is 0 Å². The van der Waals surface area contributed by atoms with Crippen LogP contribution < -0.4 is 15.4 Å². The molecule has 0 aliphatic heterocycles. The van der Waals surface area contributed by atoms with E-state index >= 15 is 0 Å². The molecular weight excluding hydrogens is 461 g/mol. The zero-order chi connectivity index (χ0) is 22.8. The lowest BCUT2D eigenvalue weighted by Crippen LogP contribution is -1.99. The number of halogens is 2. The maximum absolute atomic E-state index is 6.53. The summed E-state index contributed by atoms with van der Waals surface area (Å²) in [6.45, 7) is 0. The van der Waals surface area contributed by atoms with Gasteiger partial charge >= 0.3 is 0 Å². The third-order valence-electron chi connectivity index (χ3n) is 4.78. The molecule has 10 heteroatoms. The van der Waals surface area contributed by atoms with Crippen molar-refractivity contribution in [2.45, 2.75) is 0 Å². The van der Waals surface area contributed by atoms with E-state index in [2.05, 4.69) is 35.6 Å². The fourth-order valence-electron chi connectivity index (χ4n) is 3.27. The van der Waals surface area contributed by atoms with Crippen molar-refractivity contribution >= 4 is 51.8 Å². The molecule has 0 radical (unpaired) electrons. The second-order valence-electron chi connectivity index (χ2n) is 6.97. The highest BCUT2D eigenvalue weighted by Gasteiger charge is 2.16. The van der Waals surface area contributed by atoms with Gasteiger partial charge in [-0.05, 0) is 42.5 Å². The van der Waals surface area contributed by atoms with Crippen LogP contribution in [0.4, 0.5) is 17.6 Å². The number of para-hydroxylation sites is 2. The van der Waals surface area contributed by atoms with Gasteiger partial charge in [-0.25, -0.2) is 19.9 Å². The van der Waals surface area contributed by atoms with Gasteiger partial charge in [-0.15, -0.1) is 0 Å². The minimum absolute atomic E-state index is 0.288. The summed E-state index contributed by atoms with van der Waals surface area (Å²) in [6, 6.07) is 16.6. The van der Waals surface area contributed by atoms with Gasteiger partial charge in [0.05, 0.1) is 32.3 Å².